The second-order valence-electron chi connectivity index (χ2n) is 1.29. The lowest BCUT2D eigenvalue weighted by Crippen LogP contribution is -1.84. The minimum Gasteiger partial charge on any atom is -0.866 e. The van der Waals surface area contributed by atoms with Gasteiger partial charge >= 0.3 is 5.82 Å². The number of rotatable bonds is 0. The lowest BCUT2D eigenvalue weighted by Gasteiger charge is -1.87. The Hall–Kier alpha value is -1.50. The molecule has 0 aliphatic carbocycles. The van der Waals surface area contributed by atoms with E-state index in [-0.39, 0.29) is 11.6 Å². The van der Waals surface area contributed by atoms with Crippen LogP contribution >= 0.6 is 0 Å². The highest BCUT2D eigenvalue weighted by Gasteiger charge is 2.00. The van der Waals surface area contributed by atoms with Gasteiger partial charge < -0.3 is 5.11 Å². The van der Waals surface area contributed by atoms with Crippen LogP contribution in [0.4, 0.5) is 5.82 Å². The van der Waals surface area contributed by atoms with Crippen LogP contribution in [0.25, 0.3) is 4.98 Å². The van der Waals surface area contributed by atoms with Gasteiger partial charge in [-0.15, -0.1) is 0 Å². The van der Waals surface area contributed by atoms with E-state index < -0.39 is 0 Å². The molecule has 1 aromatic heterocycles. The predicted molar refractivity (Wildman–Crippen MR) is 25.0 cm³/mol. The van der Waals surface area contributed by atoms with Crippen LogP contribution in [0.5, 0.6) is 5.75 Å². The second-order valence-corrected chi connectivity index (χ2v) is 1.29. The summed E-state index contributed by atoms with van der Waals surface area (Å²) in [6.45, 7) is 0. The normalized spacial score (nSPS) is 8.38. The van der Waals surface area contributed by atoms with Gasteiger partial charge in [-0.2, -0.15) is 0 Å². The number of H-pyrrole nitrogens is 1. The van der Waals surface area contributed by atoms with Crippen LogP contribution in [0.3, 0.4) is 0 Å². The fourth-order valence-corrected chi connectivity index (χ4v) is 0.424. The van der Waals surface area contributed by atoms with Gasteiger partial charge in [-0.3, -0.25) is 0 Å². The third-order valence-corrected chi connectivity index (χ3v) is 0.788. The summed E-state index contributed by atoms with van der Waals surface area (Å²) in [5.74, 6) is -0.322. The van der Waals surface area contributed by atoms with Crippen molar-refractivity contribution >= 4 is 5.82 Å². The molecule has 0 aromatic carbocycles. The number of nitrogens with zero attached hydrogens (tertiary/aromatic N) is 2. The Morgan fingerprint density at radius 1 is 1.75 bits per heavy atom. The van der Waals surface area contributed by atoms with Crippen LogP contribution in [0.15, 0.2) is 12.3 Å². The average Bonchev–Trinajstić information content (AvgIpc) is 2.14. The van der Waals surface area contributed by atoms with Gasteiger partial charge in [-0.25, -0.2) is 4.98 Å². The van der Waals surface area contributed by atoms with Gasteiger partial charge in [0.05, 0.1) is 11.6 Å². The fraction of sp³-hybridized carbons (Fsp3) is 0. The molecular formula is C4H3N3O. The molecule has 0 amide bonds. The van der Waals surface area contributed by atoms with Crippen LogP contribution in [-0.2, 0) is 0 Å². The fourth-order valence-electron chi connectivity index (χ4n) is 0.424. The number of hydrogen-bond donors (Lipinski definition) is 1. The third-order valence-electron chi connectivity index (χ3n) is 0.788. The molecule has 1 rings (SSSR count). The first-order chi connectivity index (χ1) is 3.84. The van der Waals surface area contributed by atoms with Gasteiger partial charge in [0.25, 0.3) is 0 Å². The van der Waals surface area contributed by atoms with Gasteiger partial charge in [0.2, 0.25) is 0 Å². The van der Waals surface area contributed by atoms with Gasteiger partial charge in [-0.1, -0.05) is 0 Å². The van der Waals surface area contributed by atoms with Crippen LogP contribution < -0.4 is 5.11 Å². The first kappa shape index (κ1) is 4.65. The molecule has 1 aromatic rings. The molecule has 0 fully saturated rings. The Balaban J connectivity index is 3.15. The van der Waals surface area contributed by atoms with E-state index in [9.17, 15) is 5.11 Å². The van der Waals surface area contributed by atoms with Crippen LogP contribution in [0.2, 0.25) is 0 Å². The van der Waals surface area contributed by atoms with Gasteiger partial charge in [0, 0.05) is 10.7 Å². The Morgan fingerprint density at radius 3 is 2.75 bits per heavy atom. The van der Waals surface area contributed by atoms with E-state index in [1.165, 1.54) is 12.3 Å². The lowest BCUT2D eigenvalue weighted by molar-refractivity contribution is -0.266. The Bertz CT molecular complexity index is 221. The minimum absolute atomic E-state index is 0.0231. The molecule has 0 atom stereocenters. The third kappa shape index (κ3) is 0.500. The molecule has 1 N–H and O–H groups in total. The van der Waals surface area contributed by atoms with Gasteiger partial charge in [0.15, 0.2) is 0 Å². The summed E-state index contributed by atoms with van der Waals surface area (Å²) >= 11 is 0. The number of aromatic nitrogens is 1. The molecule has 4 nitrogen and oxygen atoms in total. The summed E-state index contributed by atoms with van der Waals surface area (Å²) in [6, 6.07) is 1.29. The van der Waals surface area contributed by atoms with E-state index in [4.69, 9.17) is 5.39 Å². The van der Waals surface area contributed by atoms with E-state index >= 15 is 0 Å². The molecular weight excluding hydrogens is 106 g/mol. The average molecular weight is 109 g/mol. The standard InChI is InChI=1S/C4H3N3O/c5-7-4-3(8)1-2-6-4/h1-2,5H. The van der Waals surface area contributed by atoms with Crippen molar-refractivity contribution in [3.05, 3.63) is 17.2 Å². The molecule has 0 aliphatic heterocycles. The highest BCUT2D eigenvalue weighted by molar-refractivity contribution is 5.48. The molecule has 1 heterocycles. The summed E-state index contributed by atoms with van der Waals surface area (Å²) in [5.41, 5.74) is 0. The topological polar surface area (TPSA) is 67.0 Å². The van der Waals surface area contributed by atoms with Gasteiger partial charge in [0.1, 0.15) is 0 Å². The molecule has 0 spiro atoms. The highest BCUT2D eigenvalue weighted by atomic mass is 16.3. The zero-order valence-corrected chi connectivity index (χ0v) is 3.96. The quantitative estimate of drug-likeness (QED) is 0.495. The largest absolute Gasteiger partial charge is 0.866 e. The molecule has 4 heteroatoms. The smallest absolute Gasteiger partial charge is 0.414 e. The van der Waals surface area contributed by atoms with Crippen molar-refractivity contribution in [2.45, 2.75) is 0 Å². The van der Waals surface area contributed by atoms with Gasteiger partial charge in [-0.05, 0) is 6.07 Å². The first-order valence-corrected chi connectivity index (χ1v) is 2.04. The molecule has 0 unspecified atom stereocenters. The molecule has 8 heavy (non-hydrogen) atoms. The summed E-state index contributed by atoms with van der Waals surface area (Å²) in [5, 5.41) is 18.4. The highest BCUT2D eigenvalue weighted by Crippen LogP contribution is 2.18. The van der Waals surface area contributed by atoms with E-state index in [2.05, 4.69) is 9.96 Å². The van der Waals surface area contributed by atoms with E-state index in [1.807, 2.05) is 0 Å². The minimum atomic E-state index is -0.299. The second kappa shape index (κ2) is 1.54. The molecule has 0 radical (unpaired) electrons. The zero-order chi connectivity index (χ0) is 5.98. The summed E-state index contributed by atoms with van der Waals surface area (Å²) in [4.78, 5) is 5.09. The number of nitrogens with one attached hydrogen (secondary N) is 1. The van der Waals surface area contributed by atoms with Crippen molar-refractivity contribution in [1.29, 1.82) is 5.39 Å². The lowest BCUT2D eigenvalue weighted by atomic mass is 10.6. The zero-order valence-electron chi connectivity index (χ0n) is 3.96. The molecule has 0 saturated carbocycles. The summed E-state index contributed by atoms with van der Waals surface area (Å²) in [7, 11) is 0. The number of aromatic amines is 1. The van der Waals surface area contributed by atoms with E-state index in [0.717, 1.165) is 0 Å². The maximum atomic E-state index is 10.4. The van der Waals surface area contributed by atoms with Crippen molar-refractivity contribution in [2.75, 3.05) is 0 Å². The molecule has 40 valence electrons. The predicted octanol–water partition coefficient (Wildman–Crippen LogP) is 0.573. The maximum Gasteiger partial charge on any atom is 0.414 e. The molecule has 0 aliphatic rings. The Morgan fingerprint density at radius 2 is 2.50 bits per heavy atom. The SMILES string of the molecule is N#[N+]c1[nH]ccc1[O-]. The van der Waals surface area contributed by atoms with E-state index in [1.54, 1.807) is 0 Å². The monoisotopic (exact) mass is 109 g/mol. The molecule has 0 bridgehead atoms. The van der Waals surface area contributed by atoms with Crippen molar-refractivity contribution in [3.63, 3.8) is 0 Å². The van der Waals surface area contributed by atoms with Crippen molar-refractivity contribution < 1.29 is 5.11 Å². The number of hydrogen-bond acceptors (Lipinski definition) is 2. The molecule has 0 saturated heterocycles. The van der Waals surface area contributed by atoms with E-state index in [0.29, 0.717) is 0 Å². The first-order valence-electron chi connectivity index (χ1n) is 2.04. The maximum absolute atomic E-state index is 10.4. The Kier molecular flexibility index (Phi) is 0.897. The van der Waals surface area contributed by atoms with Crippen molar-refractivity contribution in [3.8, 4) is 5.75 Å². The number of diazo groups is 1. The van der Waals surface area contributed by atoms with Crippen LogP contribution in [0.1, 0.15) is 0 Å². The van der Waals surface area contributed by atoms with Crippen molar-refractivity contribution in [1.82, 2.24) is 4.98 Å². The summed E-state index contributed by atoms with van der Waals surface area (Å²) < 4.78 is 0. The van der Waals surface area contributed by atoms with Crippen LogP contribution in [-0.4, -0.2) is 4.98 Å². The van der Waals surface area contributed by atoms with Crippen molar-refractivity contribution in [2.24, 2.45) is 0 Å². The summed E-state index contributed by atoms with van der Waals surface area (Å²) in [6.07, 6.45) is 1.41. The Labute approximate surface area is 45.4 Å². The van der Waals surface area contributed by atoms with Crippen LogP contribution in [0, 0.1) is 5.39 Å².